The molecule has 20 rings (SSSR count). The van der Waals surface area contributed by atoms with Crippen molar-refractivity contribution in [3.8, 4) is 11.5 Å². The number of carbonyl (C=O) groups excluding carboxylic acids is 5. The van der Waals surface area contributed by atoms with E-state index in [4.69, 9.17) is 14.6 Å². The van der Waals surface area contributed by atoms with Gasteiger partial charge >= 0.3 is 0 Å². The normalized spacial score (nSPS) is 22.6. The van der Waals surface area contributed by atoms with Crippen LogP contribution in [-0.2, 0) is 36.6 Å². The SMILES string of the molecule is Cc1ccc2[nH]nc(NCC(=O)NC3CN(C4CCC(O)(c5cccnc5)CC4)C3)c2c1.Cc1ccc2[nH]nc(NCC(=O)NC3CN(C4CCC(c5ccc(C)nc5)CC4)C3)c2c1.Cc1ccc2[nH]nc(NCC(=O)NC3CN(C4CCC(c5ccc6c(c5)OCO6)CC4)C3)c2c1.Cc1ccc2c(c1)c(NCC(=O)NC1CN(C3CCC(C(=O)NCCO)CC3)C1)nn2C. The topological polar surface area (TPSA) is 395 Å². The lowest BCUT2D eigenvalue weighted by molar-refractivity contribution is -0.127. The number of carbonyl (C=O) groups is 5. The number of amides is 5. The molecule has 0 bridgehead atoms. The Morgan fingerprint density at radius 3 is 1.31 bits per heavy atom. The van der Waals surface area contributed by atoms with Crippen LogP contribution in [0, 0.1) is 40.5 Å². The van der Waals surface area contributed by atoms with Gasteiger partial charge in [-0.15, -0.1) is 0 Å². The molecule has 6 aromatic heterocycles. The second-order valence-electron chi connectivity index (χ2n) is 37.5. The average Bonchev–Trinajstić information content (AvgIpc) is 0.945. The lowest BCUT2D eigenvalue weighted by Gasteiger charge is -2.48. The highest BCUT2D eigenvalue weighted by Gasteiger charge is 2.43. The highest BCUT2D eigenvalue weighted by Crippen LogP contribution is 2.43. The number of likely N-dealkylation sites (tertiary alicyclic amines) is 4. The van der Waals surface area contributed by atoms with Crippen LogP contribution in [0.15, 0.2) is 134 Å². The summed E-state index contributed by atoms with van der Waals surface area (Å²) in [5.41, 5.74) is 12.6. The van der Waals surface area contributed by atoms with E-state index in [1.807, 2.05) is 93.2 Å². The first kappa shape index (κ1) is 90.1. The highest BCUT2D eigenvalue weighted by atomic mass is 16.7. The summed E-state index contributed by atoms with van der Waals surface area (Å²) in [6, 6.07) is 42.2. The lowest BCUT2D eigenvalue weighted by Crippen LogP contribution is -2.63. The molecule has 130 heavy (non-hydrogen) atoms. The summed E-state index contributed by atoms with van der Waals surface area (Å²) in [5, 5.41) is 78.3. The molecule has 5 aliphatic heterocycles. The van der Waals surface area contributed by atoms with Gasteiger partial charge in [0, 0.05) is 147 Å². The number of aliphatic hydroxyl groups is 2. The highest BCUT2D eigenvalue weighted by molar-refractivity contribution is 5.95. The molecule has 4 saturated carbocycles. The summed E-state index contributed by atoms with van der Waals surface area (Å²) in [6.45, 7) is 19.0. The summed E-state index contributed by atoms with van der Waals surface area (Å²) >= 11 is 0. The number of fused-ring (bicyclic) bond motifs is 5. The van der Waals surface area contributed by atoms with E-state index < -0.39 is 5.60 Å². The van der Waals surface area contributed by atoms with Crippen LogP contribution in [0.25, 0.3) is 43.6 Å². The predicted octanol–water partition coefficient (Wildman–Crippen LogP) is 10.1. The van der Waals surface area contributed by atoms with E-state index in [2.05, 4.69) is 188 Å². The van der Waals surface area contributed by atoms with Crippen LogP contribution in [0.4, 0.5) is 23.3 Å². The number of aliphatic hydroxyl groups excluding tert-OH is 1. The number of benzene rings is 5. The van der Waals surface area contributed by atoms with Gasteiger partial charge in [-0.3, -0.25) is 73.5 Å². The Balaban J connectivity index is 0.000000122. The van der Waals surface area contributed by atoms with Crippen molar-refractivity contribution in [1.29, 1.82) is 0 Å². The Bertz CT molecular complexity index is 5700. The average molecular weight is 1770 g/mol. The van der Waals surface area contributed by atoms with Crippen molar-refractivity contribution in [2.45, 2.75) is 203 Å². The van der Waals surface area contributed by atoms with E-state index >= 15 is 0 Å². The summed E-state index contributed by atoms with van der Waals surface area (Å²) in [5.74, 6) is 5.99. The molecule has 0 radical (unpaired) electrons. The molecule has 11 heterocycles. The van der Waals surface area contributed by atoms with Crippen LogP contribution >= 0.6 is 0 Å². The van der Waals surface area contributed by atoms with Crippen molar-refractivity contribution in [2.75, 3.05) is 120 Å². The Hall–Kier alpha value is -11.8. The minimum atomic E-state index is -0.760. The summed E-state index contributed by atoms with van der Waals surface area (Å²) in [4.78, 5) is 80.3. The maximum Gasteiger partial charge on any atom is 0.239 e. The maximum atomic E-state index is 12.5. The molecule has 14 N–H and O–H groups in total. The van der Waals surface area contributed by atoms with Crippen LogP contribution in [0.5, 0.6) is 11.5 Å². The molecular weight excluding hydrogens is 1640 g/mol. The van der Waals surface area contributed by atoms with Crippen molar-refractivity contribution in [1.82, 2.24) is 96.5 Å². The molecule has 32 nitrogen and oxygen atoms in total. The molecule has 11 aromatic rings. The first-order valence-electron chi connectivity index (χ1n) is 46.8. The fourth-order valence-corrected chi connectivity index (χ4v) is 20.5. The van der Waals surface area contributed by atoms with Gasteiger partial charge in [-0.1, -0.05) is 64.7 Å². The summed E-state index contributed by atoms with van der Waals surface area (Å²) < 4.78 is 12.8. The Labute approximate surface area is 758 Å². The zero-order chi connectivity index (χ0) is 89.9. The number of pyridine rings is 2. The third-order valence-electron chi connectivity index (χ3n) is 28.1. The zero-order valence-corrected chi connectivity index (χ0v) is 75.6. The standard InChI is InChI=1S/C26H31N5O3.C25H32N6O.C24H30N6O2.C23H34N6O3/c1-16-2-8-22-21(10-16)26(30-29-22)27-12-25(32)28-19-13-31(14-19)20-6-3-17(4-7-20)18-5-9-23-24(11-18)34-15-33-23;1-16-3-10-23-22(11-16)25(30-29-23)27-13-24(32)28-20-14-31(15-20)21-8-6-18(7-9-21)19-5-4-17(2)26-12-19;1-16-4-5-21-20(11-16)23(29-28-21)26-13-22(31)27-18-14-30(15-18)19-6-8-24(32,9-7-19)17-3-2-10-25-12-17;1-15-3-8-20-19(11-15)22(27-28(20)2)25-12-21(31)26-17-13-29(14-17)18-6-4-16(5-7-18)23(32)24-9-10-30/h2,5,8-11,17,19-20H,3-4,6-7,12-15H2,1H3,(H,28,32)(H2,27,29,30);3-5,10-12,18,20-21H,6-9,13-15H2,1-2H3,(H,28,32)(H2,27,29,30);2-5,10-12,18-19,32H,6-9,13-15H2,1H3,(H,27,31)(H2,26,28,29);3,8,11,16-18,30H,4-7,9-10,12-14H2,1-2H3,(H,24,32)(H,25,27)(H,26,31). The number of ether oxygens (including phenoxy) is 2. The number of nitrogens with one attached hydrogen (secondary N) is 12. The molecule has 4 aliphatic carbocycles. The molecule has 32 heteroatoms. The third-order valence-corrected chi connectivity index (χ3v) is 28.1. The van der Waals surface area contributed by atoms with Crippen molar-refractivity contribution >= 4 is 96.4 Å². The van der Waals surface area contributed by atoms with Crippen LogP contribution in [0.1, 0.15) is 159 Å². The minimum Gasteiger partial charge on any atom is -0.454 e. The molecular formula is C98H127N23O9. The van der Waals surface area contributed by atoms with Crippen molar-refractivity contribution in [2.24, 2.45) is 13.0 Å². The van der Waals surface area contributed by atoms with Crippen LogP contribution in [0.3, 0.4) is 0 Å². The Kier molecular flexibility index (Phi) is 28.5. The van der Waals surface area contributed by atoms with Gasteiger partial charge in [0.25, 0.3) is 0 Å². The van der Waals surface area contributed by atoms with Crippen molar-refractivity contribution < 1.29 is 43.7 Å². The van der Waals surface area contributed by atoms with Gasteiger partial charge in [0.05, 0.1) is 84.6 Å². The first-order valence-corrected chi connectivity index (χ1v) is 46.8. The molecule has 8 fully saturated rings. The van der Waals surface area contributed by atoms with Gasteiger partial charge in [0.2, 0.25) is 36.3 Å². The number of hydrogen-bond acceptors (Lipinski definition) is 23. The van der Waals surface area contributed by atoms with Crippen molar-refractivity contribution in [3.63, 3.8) is 0 Å². The van der Waals surface area contributed by atoms with Gasteiger partial charge in [-0.05, 0) is 233 Å². The molecule has 0 spiro atoms. The molecule has 0 atom stereocenters. The molecule has 9 aliphatic rings. The lowest BCUT2D eigenvalue weighted by atomic mass is 9.77. The number of aryl methyl sites for hydroxylation is 6. The predicted molar refractivity (Wildman–Crippen MR) is 504 cm³/mol. The largest absolute Gasteiger partial charge is 0.454 e. The van der Waals surface area contributed by atoms with Gasteiger partial charge in [-0.2, -0.15) is 20.4 Å². The van der Waals surface area contributed by atoms with Crippen LogP contribution in [-0.4, -0.2) is 257 Å². The Morgan fingerprint density at radius 1 is 0.454 bits per heavy atom. The third kappa shape index (κ3) is 22.1. The fourth-order valence-electron chi connectivity index (χ4n) is 20.5. The van der Waals surface area contributed by atoms with E-state index in [1.165, 1.54) is 73.6 Å². The van der Waals surface area contributed by atoms with Crippen LogP contribution in [0.2, 0.25) is 0 Å². The van der Waals surface area contributed by atoms with Crippen LogP contribution < -0.4 is 57.3 Å². The molecule has 688 valence electrons. The minimum absolute atomic E-state index is 0.0139. The number of aromatic nitrogens is 10. The fraction of sp³-hybridized carbons (Fsp3) is 0.500. The van der Waals surface area contributed by atoms with Crippen molar-refractivity contribution in [3.05, 3.63) is 178 Å². The second kappa shape index (κ2) is 41.1. The van der Waals surface area contributed by atoms with Gasteiger partial charge in [0.15, 0.2) is 34.8 Å². The number of hydrogen-bond donors (Lipinski definition) is 14. The first-order chi connectivity index (χ1) is 63.1. The quantitative estimate of drug-likeness (QED) is 0.0239. The zero-order valence-electron chi connectivity index (χ0n) is 75.6. The van der Waals surface area contributed by atoms with Gasteiger partial charge in [0.1, 0.15) is 0 Å². The number of nitrogens with zero attached hydrogens (tertiary/aromatic N) is 11. The molecule has 5 aromatic carbocycles. The van der Waals surface area contributed by atoms with E-state index in [1.54, 1.807) is 12.4 Å². The maximum absolute atomic E-state index is 12.5. The smallest absolute Gasteiger partial charge is 0.239 e. The van der Waals surface area contributed by atoms with E-state index in [0.717, 1.165) is 199 Å². The van der Waals surface area contributed by atoms with E-state index in [-0.39, 0.29) is 92.4 Å². The number of H-pyrrole nitrogens is 3. The Morgan fingerprint density at radius 2 is 0.869 bits per heavy atom. The molecule has 5 amide bonds. The number of aromatic amines is 3. The van der Waals surface area contributed by atoms with Gasteiger partial charge in [-0.25, -0.2) is 0 Å². The van der Waals surface area contributed by atoms with E-state index in [9.17, 15) is 29.1 Å². The molecule has 0 unspecified atom stereocenters. The van der Waals surface area contributed by atoms with Gasteiger partial charge < -0.3 is 67.5 Å². The second-order valence-corrected chi connectivity index (χ2v) is 37.5. The van der Waals surface area contributed by atoms with E-state index in [0.29, 0.717) is 55.2 Å². The summed E-state index contributed by atoms with van der Waals surface area (Å²) in [6.07, 6.45) is 22.5. The molecule has 4 saturated heterocycles. The monoisotopic (exact) mass is 1770 g/mol. The number of rotatable bonds is 26. The number of anilines is 4. The summed E-state index contributed by atoms with van der Waals surface area (Å²) in [7, 11) is 1.90.